The number of sulfone groups is 1. The summed E-state index contributed by atoms with van der Waals surface area (Å²) in [6.07, 6.45) is -0.686. The van der Waals surface area contributed by atoms with Crippen molar-refractivity contribution in [1.29, 1.82) is 0 Å². The predicted octanol–water partition coefficient (Wildman–Crippen LogP) is 5.10. The van der Waals surface area contributed by atoms with Crippen LogP contribution in [0.5, 0.6) is 0 Å². The van der Waals surface area contributed by atoms with Gasteiger partial charge < -0.3 is 5.11 Å². The Bertz CT molecular complexity index is 1530. The topological polar surface area (TPSA) is 109 Å². The number of carboxylic acid groups (broad SMARTS) is 1. The molecule has 13 heteroatoms. The van der Waals surface area contributed by atoms with Gasteiger partial charge in [-0.05, 0) is 66.6 Å². The van der Waals surface area contributed by atoms with Gasteiger partial charge in [0, 0.05) is 11.1 Å². The SMILES string of the molecule is C[C@H](c1ccc(F)cc1CS(=O)(=O)CCC(=O)O)N(c1cc(F)ccc1F)S(=O)(=O)c1ccc(Cl)cc1. The molecule has 0 spiro atoms. The van der Waals surface area contributed by atoms with Crippen LogP contribution >= 0.6 is 11.6 Å². The first-order chi connectivity index (χ1) is 17.2. The summed E-state index contributed by atoms with van der Waals surface area (Å²) in [5.74, 6) is -5.74. The normalized spacial score (nSPS) is 12.8. The van der Waals surface area contributed by atoms with Crippen molar-refractivity contribution in [1.82, 2.24) is 0 Å². The molecule has 0 bridgehead atoms. The summed E-state index contributed by atoms with van der Waals surface area (Å²) < 4.78 is 96.2. The minimum atomic E-state index is -4.60. The Labute approximate surface area is 217 Å². The predicted molar refractivity (Wildman–Crippen MR) is 132 cm³/mol. The quantitative estimate of drug-likeness (QED) is 0.360. The number of hydrogen-bond acceptors (Lipinski definition) is 5. The van der Waals surface area contributed by atoms with Gasteiger partial charge in [0.05, 0.1) is 34.6 Å². The molecule has 198 valence electrons. The fourth-order valence-corrected chi connectivity index (χ4v) is 6.82. The van der Waals surface area contributed by atoms with E-state index >= 15 is 0 Å². The first-order valence-electron chi connectivity index (χ1n) is 10.7. The number of nitrogens with zero attached hydrogens (tertiary/aromatic N) is 1. The Morgan fingerprint density at radius 3 is 2.16 bits per heavy atom. The number of sulfonamides is 1. The van der Waals surface area contributed by atoms with Gasteiger partial charge in [0.1, 0.15) is 17.5 Å². The van der Waals surface area contributed by atoms with Crippen LogP contribution in [0.3, 0.4) is 0 Å². The third-order valence-electron chi connectivity index (χ3n) is 5.43. The lowest BCUT2D eigenvalue weighted by Crippen LogP contribution is -2.35. The first kappa shape index (κ1) is 28.5. The lowest BCUT2D eigenvalue weighted by atomic mass is 10.0. The van der Waals surface area contributed by atoms with E-state index in [1.54, 1.807) is 0 Å². The number of aliphatic carboxylic acids is 1. The van der Waals surface area contributed by atoms with Crippen molar-refractivity contribution < 1.29 is 39.9 Å². The molecule has 37 heavy (non-hydrogen) atoms. The van der Waals surface area contributed by atoms with Gasteiger partial charge in [0.25, 0.3) is 10.0 Å². The van der Waals surface area contributed by atoms with E-state index in [0.29, 0.717) is 10.4 Å². The van der Waals surface area contributed by atoms with Crippen molar-refractivity contribution in [3.8, 4) is 0 Å². The molecule has 0 aliphatic rings. The fourth-order valence-electron chi connectivity index (χ4n) is 3.71. The smallest absolute Gasteiger partial charge is 0.304 e. The number of halogens is 4. The fraction of sp³-hybridized carbons (Fsp3) is 0.208. The molecule has 1 atom stereocenters. The van der Waals surface area contributed by atoms with Crippen molar-refractivity contribution in [2.24, 2.45) is 0 Å². The molecule has 0 saturated heterocycles. The Morgan fingerprint density at radius 1 is 0.946 bits per heavy atom. The van der Waals surface area contributed by atoms with E-state index in [1.807, 2.05) is 0 Å². The second-order valence-electron chi connectivity index (χ2n) is 8.11. The standard InChI is InChI=1S/C24H21ClF3NO6S2/c1-15(21-8-4-18(26)12-16(21)14-36(32,33)11-10-24(30)31)29(23-13-19(27)5-9-22(23)28)37(34,35)20-6-2-17(25)3-7-20/h2-9,12-13,15H,10-11,14H2,1H3,(H,30,31)/t15-/m1/s1. The maximum absolute atomic E-state index is 14.9. The number of anilines is 1. The molecule has 3 aromatic carbocycles. The average Bonchev–Trinajstić information content (AvgIpc) is 2.80. The zero-order valence-electron chi connectivity index (χ0n) is 19.2. The molecular formula is C24H21ClF3NO6S2. The van der Waals surface area contributed by atoms with Crippen molar-refractivity contribution in [3.63, 3.8) is 0 Å². The van der Waals surface area contributed by atoms with Crippen LogP contribution in [0, 0.1) is 17.5 Å². The highest BCUT2D eigenvalue weighted by atomic mass is 35.5. The van der Waals surface area contributed by atoms with Crippen LogP contribution in [-0.4, -0.2) is 33.7 Å². The second-order valence-corrected chi connectivity index (χ2v) is 12.5. The second kappa shape index (κ2) is 11.1. The zero-order chi connectivity index (χ0) is 27.5. The van der Waals surface area contributed by atoms with Crippen molar-refractivity contribution >= 4 is 43.1 Å². The van der Waals surface area contributed by atoms with E-state index < -0.39 is 72.9 Å². The van der Waals surface area contributed by atoms with Crippen LogP contribution in [-0.2, 0) is 30.4 Å². The third kappa shape index (κ3) is 6.82. The number of carbonyl (C=O) groups is 1. The molecule has 7 nitrogen and oxygen atoms in total. The molecule has 0 aliphatic heterocycles. The summed E-state index contributed by atoms with van der Waals surface area (Å²) >= 11 is 5.86. The average molecular weight is 576 g/mol. The van der Waals surface area contributed by atoms with E-state index in [4.69, 9.17) is 16.7 Å². The lowest BCUT2D eigenvalue weighted by Gasteiger charge is -2.32. The van der Waals surface area contributed by atoms with E-state index in [9.17, 15) is 34.8 Å². The van der Waals surface area contributed by atoms with Gasteiger partial charge in [0.2, 0.25) is 0 Å². The van der Waals surface area contributed by atoms with E-state index in [2.05, 4.69) is 0 Å². The molecule has 3 aromatic rings. The van der Waals surface area contributed by atoms with Crippen LogP contribution in [0.15, 0.2) is 65.6 Å². The first-order valence-corrected chi connectivity index (χ1v) is 14.3. The van der Waals surface area contributed by atoms with Crippen molar-refractivity contribution in [2.45, 2.75) is 30.0 Å². The lowest BCUT2D eigenvalue weighted by molar-refractivity contribution is -0.136. The van der Waals surface area contributed by atoms with Crippen LogP contribution < -0.4 is 4.31 Å². The van der Waals surface area contributed by atoms with Crippen molar-refractivity contribution in [3.05, 3.63) is 94.3 Å². The van der Waals surface area contributed by atoms with Gasteiger partial charge in [0.15, 0.2) is 9.84 Å². The zero-order valence-corrected chi connectivity index (χ0v) is 21.6. The minimum absolute atomic E-state index is 0.0125. The van der Waals surface area contributed by atoms with Gasteiger partial charge in [-0.15, -0.1) is 0 Å². The molecule has 0 fully saturated rings. The van der Waals surface area contributed by atoms with Gasteiger partial charge in [-0.1, -0.05) is 17.7 Å². The summed E-state index contributed by atoms with van der Waals surface area (Å²) in [6, 6.07) is 8.74. The largest absolute Gasteiger partial charge is 0.481 e. The van der Waals surface area contributed by atoms with Gasteiger partial charge in [-0.2, -0.15) is 0 Å². The molecule has 0 aliphatic carbocycles. The van der Waals surface area contributed by atoms with Gasteiger partial charge >= 0.3 is 5.97 Å². The Kier molecular flexibility index (Phi) is 8.56. The van der Waals surface area contributed by atoms with Crippen molar-refractivity contribution in [2.75, 3.05) is 10.1 Å². The van der Waals surface area contributed by atoms with E-state index in [-0.39, 0.29) is 21.0 Å². The third-order valence-corrected chi connectivity index (χ3v) is 9.15. The van der Waals surface area contributed by atoms with E-state index in [1.165, 1.54) is 19.1 Å². The number of carboxylic acids is 1. The Morgan fingerprint density at radius 2 is 1.54 bits per heavy atom. The van der Waals surface area contributed by atoms with Crippen LogP contribution in [0.4, 0.5) is 18.9 Å². The maximum Gasteiger partial charge on any atom is 0.304 e. The molecule has 0 amide bonds. The molecule has 0 saturated carbocycles. The Hall–Kier alpha value is -3.09. The van der Waals surface area contributed by atoms with Crippen LogP contribution in [0.2, 0.25) is 5.02 Å². The molecule has 0 unspecified atom stereocenters. The highest BCUT2D eigenvalue weighted by Gasteiger charge is 2.34. The molecule has 0 heterocycles. The van der Waals surface area contributed by atoms with Gasteiger partial charge in [-0.25, -0.2) is 30.0 Å². The highest BCUT2D eigenvalue weighted by Crippen LogP contribution is 2.37. The van der Waals surface area contributed by atoms with Gasteiger partial charge in [-0.3, -0.25) is 9.10 Å². The monoisotopic (exact) mass is 575 g/mol. The molecule has 3 rings (SSSR count). The summed E-state index contributed by atoms with van der Waals surface area (Å²) in [5.41, 5.74) is -0.834. The van der Waals surface area contributed by atoms with E-state index in [0.717, 1.165) is 42.5 Å². The summed E-state index contributed by atoms with van der Waals surface area (Å²) in [5, 5.41) is 9.04. The summed E-state index contributed by atoms with van der Waals surface area (Å²) in [4.78, 5) is 10.5. The van der Waals surface area contributed by atoms with Crippen LogP contribution in [0.25, 0.3) is 0 Å². The number of benzene rings is 3. The molecule has 0 aromatic heterocycles. The minimum Gasteiger partial charge on any atom is -0.481 e. The number of hydrogen-bond donors (Lipinski definition) is 1. The molecule has 0 radical (unpaired) electrons. The van der Waals surface area contributed by atoms with Crippen LogP contribution in [0.1, 0.15) is 30.5 Å². The number of rotatable bonds is 10. The summed E-state index contributed by atoms with van der Waals surface area (Å²) in [7, 11) is -8.67. The molecular weight excluding hydrogens is 555 g/mol. The maximum atomic E-state index is 14.9. The Balaban J connectivity index is 2.19. The summed E-state index contributed by atoms with van der Waals surface area (Å²) in [6.45, 7) is 1.30. The highest BCUT2D eigenvalue weighted by molar-refractivity contribution is 7.92. The molecule has 1 N–H and O–H groups in total.